The second kappa shape index (κ2) is 5.42. The van der Waals surface area contributed by atoms with Gasteiger partial charge in [0, 0.05) is 6.04 Å². The number of nitrogens with zero attached hydrogens (tertiary/aromatic N) is 1. The summed E-state index contributed by atoms with van der Waals surface area (Å²) in [4.78, 5) is 6.56. The van der Waals surface area contributed by atoms with Gasteiger partial charge in [0.25, 0.3) is 10.0 Å². The molecule has 0 aliphatic rings. The van der Waals surface area contributed by atoms with Crippen molar-refractivity contribution < 1.29 is 8.42 Å². The van der Waals surface area contributed by atoms with Crippen LogP contribution in [0.2, 0.25) is 0 Å². The summed E-state index contributed by atoms with van der Waals surface area (Å²) in [5.74, 6) is 0.576. The van der Waals surface area contributed by atoms with E-state index in [-0.39, 0.29) is 11.1 Å². The average molecular weight is 246 g/mol. The lowest BCUT2D eigenvalue weighted by molar-refractivity contribution is 0.519. The van der Waals surface area contributed by atoms with E-state index in [2.05, 4.69) is 14.7 Å². The van der Waals surface area contributed by atoms with Gasteiger partial charge in [-0.3, -0.25) is 0 Å². The summed E-state index contributed by atoms with van der Waals surface area (Å²) in [5.41, 5.74) is 5.41. The number of sulfonamides is 1. The Morgan fingerprint density at radius 3 is 2.75 bits per heavy atom. The van der Waals surface area contributed by atoms with Crippen molar-refractivity contribution in [2.24, 2.45) is 5.73 Å². The molecule has 0 aliphatic carbocycles. The SMILES string of the molecule is CCC(CCN)NS(=O)(=O)c1cnc(C)[nH]1. The van der Waals surface area contributed by atoms with Crippen molar-refractivity contribution >= 4 is 10.0 Å². The highest BCUT2D eigenvalue weighted by Gasteiger charge is 2.20. The van der Waals surface area contributed by atoms with E-state index in [0.29, 0.717) is 25.2 Å². The minimum Gasteiger partial charge on any atom is -0.332 e. The molecule has 0 aromatic carbocycles. The minimum absolute atomic E-state index is 0.0977. The lowest BCUT2D eigenvalue weighted by Gasteiger charge is -2.14. The van der Waals surface area contributed by atoms with Crippen LogP contribution in [0.3, 0.4) is 0 Å². The molecule has 4 N–H and O–H groups in total. The normalized spacial score (nSPS) is 13.9. The number of H-pyrrole nitrogens is 1. The summed E-state index contributed by atoms with van der Waals surface area (Å²) in [5, 5.41) is 0.0977. The lowest BCUT2D eigenvalue weighted by Crippen LogP contribution is -2.36. The van der Waals surface area contributed by atoms with Crippen molar-refractivity contribution in [3.05, 3.63) is 12.0 Å². The molecule has 92 valence electrons. The third kappa shape index (κ3) is 3.29. The van der Waals surface area contributed by atoms with E-state index in [0.717, 1.165) is 0 Å². The first-order valence-corrected chi connectivity index (χ1v) is 6.72. The molecule has 1 atom stereocenters. The highest BCUT2D eigenvalue weighted by Crippen LogP contribution is 2.08. The second-order valence-electron chi connectivity index (χ2n) is 3.64. The van der Waals surface area contributed by atoms with Crippen LogP contribution >= 0.6 is 0 Å². The number of rotatable bonds is 6. The first-order chi connectivity index (χ1) is 7.49. The Bertz CT molecular complexity index is 426. The Labute approximate surface area is 95.7 Å². The Morgan fingerprint density at radius 2 is 2.31 bits per heavy atom. The van der Waals surface area contributed by atoms with Crippen molar-refractivity contribution in [1.29, 1.82) is 0 Å². The van der Waals surface area contributed by atoms with Crippen LogP contribution in [-0.2, 0) is 10.0 Å². The monoisotopic (exact) mass is 246 g/mol. The summed E-state index contributed by atoms with van der Waals surface area (Å²) in [7, 11) is -3.50. The summed E-state index contributed by atoms with van der Waals surface area (Å²) >= 11 is 0. The van der Waals surface area contributed by atoms with Crippen LogP contribution in [0.1, 0.15) is 25.6 Å². The quantitative estimate of drug-likeness (QED) is 0.663. The average Bonchev–Trinajstić information content (AvgIpc) is 2.64. The number of nitrogens with two attached hydrogens (primary N) is 1. The van der Waals surface area contributed by atoms with Crippen LogP contribution < -0.4 is 10.5 Å². The van der Waals surface area contributed by atoms with E-state index < -0.39 is 10.0 Å². The molecule has 1 unspecified atom stereocenters. The Morgan fingerprint density at radius 1 is 1.62 bits per heavy atom. The molecule has 16 heavy (non-hydrogen) atoms. The standard InChI is InChI=1S/C9H18N4O2S/c1-3-8(4-5-10)13-16(14,15)9-6-11-7(2)12-9/h6,8,13H,3-5,10H2,1-2H3,(H,11,12). The molecule has 0 saturated heterocycles. The summed E-state index contributed by atoms with van der Waals surface area (Å²) in [6, 6.07) is -0.126. The van der Waals surface area contributed by atoms with Crippen LogP contribution in [0, 0.1) is 6.92 Å². The van der Waals surface area contributed by atoms with Crippen LogP contribution in [0.4, 0.5) is 0 Å². The van der Waals surface area contributed by atoms with E-state index in [1.54, 1.807) is 6.92 Å². The maximum absolute atomic E-state index is 11.9. The molecule has 0 bridgehead atoms. The molecule has 0 fully saturated rings. The first kappa shape index (κ1) is 13.1. The van der Waals surface area contributed by atoms with Crippen molar-refractivity contribution in [3.8, 4) is 0 Å². The van der Waals surface area contributed by atoms with Crippen molar-refractivity contribution in [2.45, 2.75) is 37.8 Å². The molecule has 1 aromatic rings. The van der Waals surface area contributed by atoms with E-state index >= 15 is 0 Å². The topological polar surface area (TPSA) is 101 Å². The molecular weight excluding hydrogens is 228 g/mol. The number of imidazole rings is 1. The molecule has 1 heterocycles. The van der Waals surface area contributed by atoms with Gasteiger partial charge in [-0.2, -0.15) is 0 Å². The second-order valence-corrected chi connectivity index (χ2v) is 5.32. The third-order valence-corrected chi connectivity index (χ3v) is 3.73. The smallest absolute Gasteiger partial charge is 0.257 e. The van der Waals surface area contributed by atoms with Gasteiger partial charge in [0.15, 0.2) is 5.03 Å². The number of aromatic nitrogens is 2. The number of hydrogen-bond donors (Lipinski definition) is 3. The molecule has 7 heteroatoms. The highest BCUT2D eigenvalue weighted by atomic mass is 32.2. The minimum atomic E-state index is -3.50. The zero-order chi connectivity index (χ0) is 12.2. The maximum Gasteiger partial charge on any atom is 0.257 e. The fourth-order valence-electron chi connectivity index (χ4n) is 1.37. The predicted octanol–water partition coefficient (Wildman–Crippen LogP) is 0.124. The lowest BCUT2D eigenvalue weighted by atomic mass is 10.2. The molecule has 0 saturated carbocycles. The molecular formula is C9H18N4O2S. The van der Waals surface area contributed by atoms with Gasteiger partial charge in [0.2, 0.25) is 0 Å². The molecule has 1 rings (SSSR count). The van der Waals surface area contributed by atoms with Gasteiger partial charge < -0.3 is 10.7 Å². The van der Waals surface area contributed by atoms with Crippen molar-refractivity contribution in [2.75, 3.05) is 6.54 Å². The van der Waals surface area contributed by atoms with Crippen LogP contribution in [0.5, 0.6) is 0 Å². The van der Waals surface area contributed by atoms with Gasteiger partial charge >= 0.3 is 0 Å². The number of hydrogen-bond acceptors (Lipinski definition) is 4. The zero-order valence-electron chi connectivity index (χ0n) is 9.53. The van der Waals surface area contributed by atoms with Gasteiger partial charge in [0.1, 0.15) is 5.82 Å². The van der Waals surface area contributed by atoms with Gasteiger partial charge in [-0.05, 0) is 26.3 Å². The predicted molar refractivity (Wildman–Crippen MR) is 61.4 cm³/mol. The molecule has 0 radical (unpaired) electrons. The highest BCUT2D eigenvalue weighted by molar-refractivity contribution is 7.89. The molecule has 0 aliphatic heterocycles. The molecule has 0 amide bonds. The molecule has 0 spiro atoms. The van der Waals surface area contributed by atoms with Crippen LogP contribution in [0.15, 0.2) is 11.2 Å². The van der Waals surface area contributed by atoms with Crippen molar-refractivity contribution in [3.63, 3.8) is 0 Å². The first-order valence-electron chi connectivity index (χ1n) is 5.23. The third-order valence-electron chi connectivity index (χ3n) is 2.30. The van der Waals surface area contributed by atoms with E-state index in [4.69, 9.17) is 5.73 Å². The number of nitrogens with one attached hydrogen (secondary N) is 2. The maximum atomic E-state index is 11.9. The number of aryl methyl sites for hydroxylation is 1. The Balaban J connectivity index is 2.78. The van der Waals surface area contributed by atoms with Gasteiger partial charge in [-0.1, -0.05) is 6.92 Å². The Kier molecular flexibility index (Phi) is 4.45. The van der Waals surface area contributed by atoms with Gasteiger partial charge in [-0.15, -0.1) is 0 Å². The van der Waals surface area contributed by atoms with Crippen LogP contribution in [0.25, 0.3) is 0 Å². The fourth-order valence-corrected chi connectivity index (χ4v) is 2.69. The van der Waals surface area contributed by atoms with Gasteiger partial charge in [0.05, 0.1) is 6.20 Å². The van der Waals surface area contributed by atoms with E-state index in [1.807, 2.05) is 6.92 Å². The van der Waals surface area contributed by atoms with E-state index in [9.17, 15) is 8.42 Å². The molecule has 1 aromatic heterocycles. The number of aromatic amines is 1. The molecule has 6 nitrogen and oxygen atoms in total. The zero-order valence-corrected chi connectivity index (χ0v) is 10.3. The fraction of sp³-hybridized carbons (Fsp3) is 0.667. The van der Waals surface area contributed by atoms with Crippen molar-refractivity contribution in [1.82, 2.24) is 14.7 Å². The summed E-state index contributed by atoms with van der Waals surface area (Å²) in [6.07, 6.45) is 2.65. The van der Waals surface area contributed by atoms with Crippen LogP contribution in [-0.4, -0.2) is 31.0 Å². The Hall–Kier alpha value is -0.920. The summed E-state index contributed by atoms with van der Waals surface area (Å²) < 4.78 is 26.3. The van der Waals surface area contributed by atoms with Gasteiger partial charge in [-0.25, -0.2) is 18.1 Å². The van der Waals surface area contributed by atoms with E-state index in [1.165, 1.54) is 6.20 Å². The largest absolute Gasteiger partial charge is 0.332 e. The summed E-state index contributed by atoms with van der Waals surface area (Å²) in [6.45, 7) is 4.08.